The highest BCUT2D eigenvalue weighted by molar-refractivity contribution is 5.98. The Labute approximate surface area is 203 Å². The number of aliphatic hydroxyl groups is 1. The van der Waals surface area contributed by atoms with E-state index in [-0.39, 0.29) is 12.4 Å². The van der Waals surface area contributed by atoms with Gasteiger partial charge in [0.25, 0.3) is 0 Å². The summed E-state index contributed by atoms with van der Waals surface area (Å²) in [6, 6.07) is 26.0. The first-order valence-electron chi connectivity index (χ1n) is 12.4. The Kier molecular flexibility index (Phi) is 8.78. The zero-order chi connectivity index (χ0) is 23.6. The number of aliphatic hydroxyl groups excluding tert-OH is 1. The van der Waals surface area contributed by atoms with Crippen molar-refractivity contribution in [3.05, 3.63) is 95.6 Å². The van der Waals surface area contributed by atoms with Crippen LogP contribution >= 0.6 is 0 Å². The SMILES string of the molecule is OCCC/C(=C(\c1ccc(O)cc1)c1ccc(OCCN2CCCCC2)cc1)c1ccccc1. The normalized spacial score (nSPS) is 15.1. The van der Waals surface area contributed by atoms with E-state index in [0.29, 0.717) is 13.0 Å². The van der Waals surface area contributed by atoms with Gasteiger partial charge in [0.1, 0.15) is 18.1 Å². The molecule has 0 bridgehead atoms. The number of hydrogen-bond acceptors (Lipinski definition) is 4. The van der Waals surface area contributed by atoms with Gasteiger partial charge in [-0.05, 0) is 90.9 Å². The molecule has 0 atom stereocenters. The molecule has 0 unspecified atom stereocenters. The van der Waals surface area contributed by atoms with E-state index in [4.69, 9.17) is 4.74 Å². The lowest BCUT2D eigenvalue weighted by Crippen LogP contribution is -2.33. The van der Waals surface area contributed by atoms with Gasteiger partial charge in [-0.3, -0.25) is 4.90 Å². The summed E-state index contributed by atoms with van der Waals surface area (Å²) in [5.41, 5.74) is 5.55. The number of aromatic hydroxyl groups is 1. The van der Waals surface area contributed by atoms with Crippen LogP contribution in [0, 0.1) is 0 Å². The lowest BCUT2D eigenvalue weighted by molar-refractivity contribution is 0.183. The maximum absolute atomic E-state index is 9.85. The van der Waals surface area contributed by atoms with Crippen LogP contribution in [-0.4, -0.2) is 48.0 Å². The van der Waals surface area contributed by atoms with Crippen molar-refractivity contribution in [3.8, 4) is 11.5 Å². The Morgan fingerprint density at radius 3 is 2.06 bits per heavy atom. The molecule has 0 aromatic heterocycles. The van der Waals surface area contributed by atoms with Crippen molar-refractivity contribution in [1.29, 1.82) is 0 Å². The average Bonchev–Trinajstić information content (AvgIpc) is 2.89. The Morgan fingerprint density at radius 2 is 1.41 bits per heavy atom. The number of allylic oxidation sites excluding steroid dienone is 1. The molecule has 4 nitrogen and oxygen atoms in total. The van der Waals surface area contributed by atoms with Crippen molar-refractivity contribution in [1.82, 2.24) is 4.90 Å². The maximum Gasteiger partial charge on any atom is 0.119 e. The van der Waals surface area contributed by atoms with Crippen LogP contribution in [0.5, 0.6) is 11.5 Å². The minimum Gasteiger partial charge on any atom is -0.508 e. The number of hydrogen-bond donors (Lipinski definition) is 2. The number of benzene rings is 3. The van der Waals surface area contributed by atoms with Crippen molar-refractivity contribution < 1.29 is 14.9 Å². The topological polar surface area (TPSA) is 52.9 Å². The van der Waals surface area contributed by atoms with Crippen molar-refractivity contribution in [2.24, 2.45) is 0 Å². The number of phenols is 1. The van der Waals surface area contributed by atoms with Crippen LogP contribution in [0.25, 0.3) is 11.1 Å². The van der Waals surface area contributed by atoms with E-state index < -0.39 is 0 Å². The first-order valence-corrected chi connectivity index (χ1v) is 12.4. The van der Waals surface area contributed by atoms with E-state index in [9.17, 15) is 10.2 Å². The van der Waals surface area contributed by atoms with Gasteiger partial charge >= 0.3 is 0 Å². The minimum absolute atomic E-state index is 0.142. The van der Waals surface area contributed by atoms with Crippen LogP contribution < -0.4 is 4.74 Å². The zero-order valence-electron chi connectivity index (χ0n) is 19.8. The van der Waals surface area contributed by atoms with Gasteiger partial charge in [-0.1, -0.05) is 61.0 Å². The standard InChI is InChI=1S/C30H35NO3/c32-22-7-10-29(24-8-3-1-4-9-24)30(25-11-15-27(33)16-12-25)26-13-17-28(18-14-26)34-23-21-31-19-5-2-6-20-31/h1,3-4,8-9,11-18,32-33H,2,5-7,10,19-23H2/b30-29-. The summed E-state index contributed by atoms with van der Waals surface area (Å²) in [5.74, 6) is 1.12. The molecule has 1 aliphatic heterocycles. The van der Waals surface area contributed by atoms with Crippen LogP contribution in [0.15, 0.2) is 78.9 Å². The summed E-state index contributed by atoms with van der Waals surface area (Å²) < 4.78 is 6.05. The molecule has 0 radical (unpaired) electrons. The molecule has 178 valence electrons. The van der Waals surface area contributed by atoms with Crippen molar-refractivity contribution in [2.75, 3.05) is 32.8 Å². The third-order valence-corrected chi connectivity index (χ3v) is 6.43. The number of piperidine rings is 1. The molecule has 2 N–H and O–H groups in total. The summed E-state index contributed by atoms with van der Waals surface area (Å²) in [6.07, 6.45) is 5.37. The second-order valence-electron chi connectivity index (χ2n) is 8.87. The summed E-state index contributed by atoms with van der Waals surface area (Å²) in [6.45, 7) is 4.17. The van der Waals surface area contributed by atoms with Crippen LogP contribution in [0.1, 0.15) is 48.8 Å². The third-order valence-electron chi connectivity index (χ3n) is 6.43. The average molecular weight is 458 g/mol. The molecule has 4 heteroatoms. The van der Waals surface area contributed by atoms with Gasteiger partial charge in [0, 0.05) is 13.2 Å². The zero-order valence-corrected chi connectivity index (χ0v) is 19.8. The van der Waals surface area contributed by atoms with E-state index in [1.165, 1.54) is 37.9 Å². The number of ether oxygens (including phenoxy) is 1. The van der Waals surface area contributed by atoms with Gasteiger partial charge in [0.15, 0.2) is 0 Å². The predicted molar refractivity (Wildman–Crippen MR) is 139 cm³/mol. The molecule has 1 fully saturated rings. The smallest absolute Gasteiger partial charge is 0.119 e. The van der Waals surface area contributed by atoms with Crippen LogP contribution in [0.4, 0.5) is 0 Å². The fourth-order valence-corrected chi connectivity index (χ4v) is 4.65. The number of rotatable bonds is 10. The number of phenolic OH excluding ortho intramolecular Hbond substituents is 1. The summed E-state index contributed by atoms with van der Waals surface area (Å²) in [5, 5.41) is 19.4. The molecule has 1 aliphatic rings. The third kappa shape index (κ3) is 6.49. The van der Waals surface area contributed by atoms with E-state index in [2.05, 4.69) is 29.2 Å². The highest BCUT2D eigenvalue weighted by Gasteiger charge is 2.15. The molecule has 4 rings (SSSR count). The fraction of sp³-hybridized carbons (Fsp3) is 0.333. The van der Waals surface area contributed by atoms with E-state index in [1.54, 1.807) is 12.1 Å². The van der Waals surface area contributed by atoms with Gasteiger partial charge in [-0.25, -0.2) is 0 Å². The van der Waals surface area contributed by atoms with E-state index >= 15 is 0 Å². The molecular formula is C30H35NO3. The lowest BCUT2D eigenvalue weighted by atomic mass is 9.87. The van der Waals surface area contributed by atoms with E-state index in [0.717, 1.165) is 41.0 Å². The number of nitrogens with zero attached hydrogens (tertiary/aromatic N) is 1. The highest BCUT2D eigenvalue weighted by atomic mass is 16.5. The predicted octanol–water partition coefficient (Wildman–Crippen LogP) is 5.99. The summed E-state index contributed by atoms with van der Waals surface area (Å²) >= 11 is 0. The molecular weight excluding hydrogens is 422 g/mol. The Hall–Kier alpha value is -3.08. The maximum atomic E-state index is 9.85. The van der Waals surface area contributed by atoms with Gasteiger partial charge in [0.05, 0.1) is 0 Å². The summed E-state index contributed by atoms with van der Waals surface area (Å²) in [7, 11) is 0. The molecule has 1 heterocycles. The van der Waals surface area contributed by atoms with Crippen LogP contribution in [-0.2, 0) is 0 Å². The number of likely N-dealkylation sites (tertiary alicyclic amines) is 1. The Balaban J connectivity index is 1.62. The molecule has 0 spiro atoms. The van der Waals surface area contributed by atoms with Crippen LogP contribution in [0.3, 0.4) is 0 Å². The molecule has 1 saturated heterocycles. The second-order valence-corrected chi connectivity index (χ2v) is 8.87. The first kappa shape index (κ1) is 24.1. The fourth-order valence-electron chi connectivity index (χ4n) is 4.65. The molecule has 0 amide bonds. The van der Waals surface area contributed by atoms with Crippen molar-refractivity contribution in [3.63, 3.8) is 0 Å². The quantitative estimate of drug-likeness (QED) is 0.367. The monoisotopic (exact) mass is 457 g/mol. The second kappa shape index (κ2) is 12.4. The molecule has 0 aliphatic carbocycles. The Morgan fingerprint density at radius 1 is 0.765 bits per heavy atom. The highest BCUT2D eigenvalue weighted by Crippen LogP contribution is 2.36. The first-order chi connectivity index (χ1) is 16.7. The largest absolute Gasteiger partial charge is 0.508 e. The molecule has 3 aromatic rings. The van der Waals surface area contributed by atoms with Gasteiger partial charge in [-0.15, -0.1) is 0 Å². The van der Waals surface area contributed by atoms with Gasteiger partial charge < -0.3 is 14.9 Å². The lowest BCUT2D eigenvalue weighted by Gasteiger charge is -2.26. The summed E-state index contributed by atoms with van der Waals surface area (Å²) in [4.78, 5) is 2.48. The van der Waals surface area contributed by atoms with Crippen molar-refractivity contribution >= 4 is 11.1 Å². The minimum atomic E-state index is 0.142. The molecule has 34 heavy (non-hydrogen) atoms. The molecule has 3 aromatic carbocycles. The van der Waals surface area contributed by atoms with Gasteiger partial charge in [-0.2, -0.15) is 0 Å². The van der Waals surface area contributed by atoms with Gasteiger partial charge in [0.2, 0.25) is 0 Å². The Bertz CT molecular complexity index is 1040. The van der Waals surface area contributed by atoms with Crippen LogP contribution in [0.2, 0.25) is 0 Å². The molecule has 0 saturated carbocycles. The van der Waals surface area contributed by atoms with Crippen molar-refractivity contribution in [2.45, 2.75) is 32.1 Å². The van der Waals surface area contributed by atoms with E-state index in [1.807, 2.05) is 42.5 Å².